The number of anilines is 1. The number of carbonyl (C=O) groups is 1. The fraction of sp³-hybridized carbons (Fsp3) is 0.391. The first kappa shape index (κ1) is 20.2. The number of rotatable bonds is 5. The molecule has 156 valence electrons. The number of piperazine rings is 1. The van der Waals surface area contributed by atoms with Crippen LogP contribution in [0.25, 0.3) is 5.69 Å². The van der Waals surface area contributed by atoms with Crippen LogP contribution in [0.4, 0.5) is 5.95 Å². The van der Waals surface area contributed by atoms with Gasteiger partial charge in [-0.1, -0.05) is 29.4 Å². The van der Waals surface area contributed by atoms with Gasteiger partial charge in [0.05, 0.1) is 5.69 Å². The standard InChI is InChI=1S/C23H28N6O/c1-16-14-17(2)22(19(4)30)18(3)21(16)15-27-10-12-28(13-11-27)23-24-25-26-29(23)20-8-6-5-7-9-20/h5-9,14H,10-13,15H2,1-4H3. The van der Waals surface area contributed by atoms with Gasteiger partial charge in [-0.2, -0.15) is 4.68 Å². The minimum atomic E-state index is 0.142. The Labute approximate surface area is 177 Å². The van der Waals surface area contributed by atoms with Crippen molar-refractivity contribution >= 4 is 11.7 Å². The summed E-state index contributed by atoms with van der Waals surface area (Å²) in [6.07, 6.45) is 0. The Hall–Kier alpha value is -3.06. The predicted octanol–water partition coefficient (Wildman–Crippen LogP) is 3.11. The van der Waals surface area contributed by atoms with Crippen LogP contribution >= 0.6 is 0 Å². The lowest BCUT2D eigenvalue weighted by Gasteiger charge is -2.35. The predicted molar refractivity (Wildman–Crippen MR) is 117 cm³/mol. The average molecular weight is 405 g/mol. The topological polar surface area (TPSA) is 67.2 Å². The molecule has 3 aromatic rings. The Morgan fingerprint density at radius 2 is 1.70 bits per heavy atom. The Balaban J connectivity index is 1.48. The SMILES string of the molecule is CC(=O)c1c(C)cc(C)c(CN2CCN(c3nnnn3-c3ccccc3)CC2)c1C. The molecule has 4 rings (SSSR count). The largest absolute Gasteiger partial charge is 0.337 e. The van der Waals surface area contributed by atoms with Crippen molar-refractivity contribution in [3.8, 4) is 5.69 Å². The van der Waals surface area contributed by atoms with E-state index >= 15 is 0 Å². The fourth-order valence-corrected chi connectivity index (χ4v) is 4.46. The molecule has 1 fully saturated rings. The molecule has 0 spiro atoms. The van der Waals surface area contributed by atoms with Crippen molar-refractivity contribution in [2.24, 2.45) is 0 Å². The number of Topliss-reactive ketones (excluding diaryl/α,β-unsaturated/α-hetero) is 1. The number of nitrogens with zero attached hydrogens (tertiary/aromatic N) is 6. The second-order valence-electron chi connectivity index (χ2n) is 8.03. The van der Waals surface area contributed by atoms with Crippen LogP contribution in [-0.2, 0) is 6.54 Å². The van der Waals surface area contributed by atoms with E-state index < -0.39 is 0 Å². The molecule has 0 radical (unpaired) electrons. The van der Waals surface area contributed by atoms with Crippen LogP contribution in [-0.4, -0.2) is 57.1 Å². The molecular formula is C23H28N6O. The zero-order chi connectivity index (χ0) is 21.3. The Bertz CT molecular complexity index is 1050. The summed E-state index contributed by atoms with van der Waals surface area (Å²) in [6.45, 7) is 12.3. The van der Waals surface area contributed by atoms with Gasteiger partial charge in [-0.05, 0) is 72.5 Å². The lowest BCUT2D eigenvalue weighted by atomic mass is 9.91. The lowest BCUT2D eigenvalue weighted by Crippen LogP contribution is -2.47. The molecule has 0 N–H and O–H groups in total. The maximum atomic E-state index is 12.1. The number of benzene rings is 2. The van der Waals surface area contributed by atoms with Gasteiger partial charge in [-0.15, -0.1) is 0 Å². The number of carbonyl (C=O) groups excluding carboxylic acids is 1. The third-order valence-corrected chi connectivity index (χ3v) is 5.97. The highest BCUT2D eigenvalue weighted by Gasteiger charge is 2.24. The Kier molecular flexibility index (Phi) is 5.63. The van der Waals surface area contributed by atoms with E-state index in [0.29, 0.717) is 0 Å². The van der Waals surface area contributed by atoms with Gasteiger partial charge >= 0.3 is 0 Å². The molecule has 0 saturated carbocycles. The van der Waals surface area contributed by atoms with E-state index in [1.807, 2.05) is 37.3 Å². The Morgan fingerprint density at radius 1 is 1.00 bits per heavy atom. The van der Waals surface area contributed by atoms with Crippen molar-refractivity contribution in [3.63, 3.8) is 0 Å². The molecule has 0 atom stereocenters. The first-order valence-corrected chi connectivity index (χ1v) is 10.4. The van der Waals surface area contributed by atoms with E-state index in [2.05, 4.69) is 45.2 Å². The first-order chi connectivity index (χ1) is 14.5. The summed E-state index contributed by atoms with van der Waals surface area (Å²) >= 11 is 0. The highest BCUT2D eigenvalue weighted by Crippen LogP contribution is 2.25. The summed E-state index contributed by atoms with van der Waals surface area (Å²) in [5.74, 6) is 0.922. The van der Waals surface area contributed by atoms with Crippen LogP contribution in [0.2, 0.25) is 0 Å². The minimum absolute atomic E-state index is 0.142. The molecule has 1 aliphatic rings. The first-order valence-electron chi connectivity index (χ1n) is 10.4. The van der Waals surface area contributed by atoms with Gasteiger partial charge in [-0.3, -0.25) is 9.69 Å². The molecule has 1 aromatic heterocycles. The van der Waals surface area contributed by atoms with E-state index in [-0.39, 0.29) is 5.78 Å². The second kappa shape index (κ2) is 8.36. The smallest absolute Gasteiger partial charge is 0.250 e. The van der Waals surface area contributed by atoms with Gasteiger partial charge in [-0.25, -0.2) is 0 Å². The normalized spacial score (nSPS) is 14.9. The maximum absolute atomic E-state index is 12.1. The number of aromatic nitrogens is 4. The van der Waals surface area contributed by atoms with Gasteiger partial charge in [0.15, 0.2) is 5.78 Å². The molecule has 1 saturated heterocycles. The van der Waals surface area contributed by atoms with Crippen molar-refractivity contribution in [1.29, 1.82) is 0 Å². The number of hydrogen-bond donors (Lipinski definition) is 0. The molecule has 0 amide bonds. The van der Waals surface area contributed by atoms with Crippen LogP contribution < -0.4 is 4.90 Å². The lowest BCUT2D eigenvalue weighted by molar-refractivity contribution is 0.101. The van der Waals surface area contributed by atoms with Crippen LogP contribution in [0, 0.1) is 20.8 Å². The van der Waals surface area contributed by atoms with Crippen molar-refractivity contribution in [1.82, 2.24) is 25.1 Å². The second-order valence-corrected chi connectivity index (χ2v) is 8.03. The van der Waals surface area contributed by atoms with E-state index in [4.69, 9.17) is 0 Å². The fourth-order valence-electron chi connectivity index (χ4n) is 4.46. The zero-order valence-corrected chi connectivity index (χ0v) is 18.1. The van der Waals surface area contributed by atoms with Gasteiger partial charge in [0.1, 0.15) is 0 Å². The molecule has 0 aliphatic carbocycles. The van der Waals surface area contributed by atoms with E-state index in [1.165, 1.54) is 11.1 Å². The van der Waals surface area contributed by atoms with Crippen molar-refractivity contribution < 1.29 is 4.79 Å². The van der Waals surface area contributed by atoms with E-state index in [9.17, 15) is 4.79 Å². The number of ketones is 1. The van der Waals surface area contributed by atoms with Gasteiger partial charge in [0.25, 0.3) is 0 Å². The van der Waals surface area contributed by atoms with Crippen LogP contribution in [0.1, 0.15) is 39.5 Å². The summed E-state index contributed by atoms with van der Waals surface area (Å²) in [7, 11) is 0. The maximum Gasteiger partial charge on any atom is 0.250 e. The number of tetrazole rings is 1. The molecule has 0 unspecified atom stereocenters. The molecule has 2 aromatic carbocycles. The van der Waals surface area contributed by atoms with Gasteiger partial charge in [0.2, 0.25) is 5.95 Å². The average Bonchev–Trinajstić information content (AvgIpc) is 3.21. The zero-order valence-electron chi connectivity index (χ0n) is 18.1. The van der Waals surface area contributed by atoms with E-state index in [1.54, 1.807) is 11.6 Å². The van der Waals surface area contributed by atoms with Crippen LogP contribution in [0.15, 0.2) is 36.4 Å². The molecule has 7 nitrogen and oxygen atoms in total. The summed E-state index contributed by atoms with van der Waals surface area (Å²) in [5, 5.41) is 12.3. The third kappa shape index (κ3) is 3.85. The number of para-hydroxylation sites is 1. The number of hydrogen-bond acceptors (Lipinski definition) is 6. The van der Waals surface area contributed by atoms with Crippen molar-refractivity contribution in [3.05, 3.63) is 64.2 Å². The quantitative estimate of drug-likeness (QED) is 0.609. The van der Waals surface area contributed by atoms with Crippen molar-refractivity contribution in [2.45, 2.75) is 34.2 Å². The molecular weight excluding hydrogens is 376 g/mol. The van der Waals surface area contributed by atoms with Gasteiger partial charge in [0, 0.05) is 38.3 Å². The van der Waals surface area contributed by atoms with Gasteiger partial charge < -0.3 is 4.90 Å². The summed E-state index contributed by atoms with van der Waals surface area (Å²) < 4.78 is 1.79. The molecule has 7 heteroatoms. The summed E-state index contributed by atoms with van der Waals surface area (Å²) in [6, 6.07) is 12.1. The number of aryl methyl sites for hydroxylation is 2. The summed E-state index contributed by atoms with van der Waals surface area (Å²) in [5.41, 5.74) is 6.55. The van der Waals surface area contributed by atoms with Crippen LogP contribution in [0.3, 0.4) is 0 Å². The monoisotopic (exact) mass is 404 g/mol. The molecule has 0 bridgehead atoms. The Morgan fingerprint density at radius 3 is 2.37 bits per heavy atom. The highest BCUT2D eigenvalue weighted by molar-refractivity contribution is 5.97. The molecule has 30 heavy (non-hydrogen) atoms. The van der Waals surface area contributed by atoms with Crippen molar-refractivity contribution in [2.75, 3.05) is 31.1 Å². The third-order valence-electron chi connectivity index (χ3n) is 5.97. The van der Waals surface area contributed by atoms with E-state index in [0.717, 1.165) is 61.0 Å². The molecule has 1 aliphatic heterocycles. The summed E-state index contributed by atoms with van der Waals surface area (Å²) in [4.78, 5) is 16.8. The highest BCUT2D eigenvalue weighted by atomic mass is 16.1. The van der Waals surface area contributed by atoms with Crippen LogP contribution in [0.5, 0.6) is 0 Å². The minimum Gasteiger partial charge on any atom is -0.337 e. The molecule has 2 heterocycles.